The first-order chi connectivity index (χ1) is 37.7. The third-order valence-electron chi connectivity index (χ3n) is 12.9. The van der Waals surface area contributed by atoms with Crippen LogP contribution < -0.4 is 31.4 Å². The van der Waals surface area contributed by atoms with Crippen LogP contribution >= 0.6 is 10.9 Å². The molecule has 0 unspecified atom stereocenters. The number of aliphatic carboxylic acids is 2. The van der Waals surface area contributed by atoms with Crippen molar-refractivity contribution in [2.75, 3.05) is 103 Å². The number of aryl methyl sites for hydroxylation is 4. The number of carbonyl (C=O) groups excluding carboxylic acids is 5. The molecule has 1 aliphatic heterocycles. The molecule has 0 spiro atoms. The molecule has 80 heavy (non-hydrogen) atoms. The number of sulfonamides is 1. The molecule has 1 aliphatic rings. The minimum absolute atomic E-state index is 0.00800. The molecule has 0 aliphatic carbocycles. The average molecular weight is 1260 g/mol. The van der Waals surface area contributed by atoms with Crippen LogP contribution in [0.3, 0.4) is 0 Å². The third kappa shape index (κ3) is 20.5. The van der Waals surface area contributed by atoms with Gasteiger partial charge in [0.25, 0.3) is 5.91 Å². The Morgan fingerprint density at radius 1 is 0.800 bits per heavy atom. The molecule has 2 radical (unpaired) electrons. The van der Waals surface area contributed by atoms with E-state index in [0.717, 1.165) is 12.5 Å². The Kier molecular flexibility index (Phi) is 24.4. The van der Waals surface area contributed by atoms with Crippen molar-refractivity contribution in [2.24, 2.45) is 0 Å². The summed E-state index contributed by atoms with van der Waals surface area (Å²) < 4.78 is 66.4. The second-order valence-electron chi connectivity index (χ2n) is 19.4. The zero-order valence-corrected chi connectivity index (χ0v) is 49.7. The minimum Gasteiger partial charge on any atom is -0.352 e. The molecular weight excluding hydrogens is 1190 g/mol. The molecule has 2 atom stereocenters. The Labute approximate surface area is 478 Å². The summed E-state index contributed by atoms with van der Waals surface area (Å²) >= 11 is 0.208. The number of aromatic amines is 1. The first-order valence-electron chi connectivity index (χ1n) is 25.3. The van der Waals surface area contributed by atoms with Crippen molar-refractivity contribution >= 4 is 104 Å². The van der Waals surface area contributed by atoms with Crippen molar-refractivity contribution in [3.8, 4) is 0 Å². The number of H-pyrrole nitrogens is 1. The number of pyridine rings is 1. The van der Waals surface area contributed by atoms with Crippen molar-refractivity contribution in [2.45, 2.75) is 64.2 Å². The fraction of sp³-hybridized carbons (Fsp3) is 0.490. The van der Waals surface area contributed by atoms with Crippen LogP contribution in [-0.2, 0) is 54.7 Å². The number of ketones is 1. The number of fused-ring (bicyclic) bond motifs is 1. The summed E-state index contributed by atoms with van der Waals surface area (Å²) in [5.74, 6) is -6.44. The number of anilines is 1. The van der Waals surface area contributed by atoms with Crippen LogP contribution in [-0.4, -0.2) is 242 Å². The molecule has 0 saturated carbocycles. The van der Waals surface area contributed by atoms with Gasteiger partial charge in [-0.1, -0.05) is 23.8 Å². The van der Waals surface area contributed by atoms with Crippen LogP contribution in [0.1, 0.15) is 46.0 Å². The number of hydrogen-bond donors (Lipinski definition) is 11. The number of carboxylic acid groups (broad SMARTS) is 2. The number of aromatic nitrogens is 3. The Balaban J connectivity index is 1.32. The van der Waals surface area contributed by atoms with Crippen LogP contribution in [0.5, 0.6) is 0 Å². The molecule has 5 rings (SSSR count). The predicted molar refractivity (Wildman–Crippen MR) is 295 cm³/mol. The van der Waals surface area contributed by atoms with Gasteiger partial charge in [-0.25, -0.2) is 13.4 Å². The van der Waals surface area contributed by atoms with E-state index < -0.39 is 98.7 Å². The summed E-state index contributed by atoms with van der Waals surface area (Å²) in [4.78, 5) is 118. The molecule has 4 aromatic rings. The molecule has 31 heteroatoms. The molecule has 1 saturated heterocycles. The summed E-state index contributed by atoms with van der Waals surface area (Å²) in [5, 5.41) is 30.0. The maximum Gasteiger partial charge on any atom is 0.241 e. The standard InChI is InChI=1S/C49H70N12O16S2.In/c1-31-20-32(2)46(33(3)21-31)79(76,77)56-38(34(4)62)24-53-47(71)37-25-61(40-22-35(6-7-36(40)45(37)70)23-54-49-51-9-10-52-49)11-5-8-50-48(72)39(30-78(73,74)75)55-41(63)26-57-12-14-58(27-42(64)65)16-18-60(29-44(68)69)19-17-59(15-13-57)28-43(66)67;/h6-7,9-10,20-22,25,38-39,56,73-75H,5,8,11-19,23-24,26-30H2,1-4H3,(H,50,72)(H,53,71)(H,55,63)(H,64,65)(H,66,67)(H,68,69)(H2,51,52,54);/q;+1/p-1/t38-,39-;/m0./s1. The van der Waals surface area contributed by atoms with Gasteiger partial charge in [-0.3, -0.25) is 24.0 Å². The maximum atomic E-state index is 14.0. The van der Waals surface area contributed by atoms with E-state index in [1.807, 2.05) is 6.92 Å². The van der Waals surface area contributed by atoms with Crippen LogP contribution in [0.15, 0.2) is 58.6 Å². The molecule has 3 amide bonds. The molecule has 436 valence electrons. The monoisotopic (exact) mass is 1260 g/mol. The van der Waals surface area contributed by atoms with Crippen LogP contribution in [0.25, 0.3) is 10.9 Å². The van der Waals surface area contributed by atoms with E-state index >= 15 is 0 Å². The summed E-state index contributed by atoms with van der Waals surface area (Å²) in [6.45, 7) is 5.99. The number of hydrogen-bond acceptors (Lipinski definition) is 20. The number of amides is 3. The summed E-state index contributed by atoms with van der Waals surface area (Å²) in [6.07, 6.45) is 4.60. The van der Waals surface area contributed by atoms with Gasteiger partial charge in [0.2, 0.25) is 15.5 Å². The molecule has 11 N–H and O–H groups in total. The summed E-state index contributed by atoms with van der Waals surface area (Å²) in [7, 11) is -8.64. The van der Waals surface area contributed by atoms with Gasteiger partial charge in [-0.05, 0) is 62.9 Å². The van der Waals surface area contributed by atoms with Gasteiger partial charge in [0, 0.05) is 50.2 Å². The van der Waals surface area contributed by atoms with E-state index in [4.69, 9.17) is 2.85 Å². The Bertz CT molecular complexity index is 3010. The van der Waals surface area contributed by atoms with Gasteiger partial charge >= 0.3 is 192 Å². The fourth-order valence-electron chi connectivity index (χ4n) is 9.08. The fourth-order valence-corrected chi connectivity index (χ4v) is 11.7. The smallest absolute Gasteiger partial charge is 0.241 e. The van der Waals surface area contributed by atoms with E-state index in [1.165, 1.54) is 12.3 Å². The topological polar surface area (TPSA) is 388 Å². The number of carbonyl (C=O) groups is 7. The van der Waals surface area contributed by atoms with Gasteiger partial charge in [0.15, 0.2) is 5.95 Å². The van der Waals surface area contributed by atoms with Crippen molar-refractivity contribution in [3.63, 3.8) is 0 Å². The Morgan fingerprint density at radius 2 is 1.38 bits per heavy atom. The van der Waals surface area contributed by atoms with E-state index in [0.29, 0.717) is 28.2 Å². The predicted octanol–water partition coefficient (Wildman–Crippen LogP) is -0.840. The Morgan fingerprint density at radius 3 is 1.90 bits per heavy atom. The third-order valence-corrected chi connectivity index (χ3v) is 16.2. The molecule has 2 aromatic heterocycles. The van der Waals surface area contributed by atoms with Crippen LogP contribution in [0.2, 0.25) is 0 Å². The van der Waals surface area contributed by atoms with Crippen molar-refractivity contribution < 1.29 is 68.7 Å². The largest absolute Gasteiger partial charge is 0.352 e. The van der Waals surface area contributed by atoms with Crippen molar-refractivity contribution in [1.29, 1.82) is 0 Å². The number of benzene rings is 2. The summed E-state index contributed by atoms with van der Waals surface area (Å²) in [5.41, 5.74) is 1.83. The molecule has 3 heterocycles. The van der Waals surface area contributed by atoms with E-state index in [1.54, 1.807) is 74.7 Å². The van der Waals surface area contributed by atoms with Gasteiger partial charge in [0.05, 0.1) is 27.3 Å². The summed E-state index contributed by atoms with van der Waals surface area (Å²) in [6, 6.07) is 5.22. The van der Waals surface area contributed by atoms with Crippen LogP contribution in [0, 0.1) is 20.8 Å². The SMILES string of the molecule is CC(=O)[C@H](CNC(=O)c1cn(CCCNC(=O)[C@H](CS(O)(O)O)NC(=O)CN2CCN(CC(=O)O)CCN(CC(=O)O)CCN(CC(=O)[O][In])CC2)c2cc(CNc3ncc[nH]3)ccc2c1=O)NS(=O)(=O)c1c(C)cc(C)cc1C. The van der Waals surface area contributed by atoms with Gasteiger partial charge < -0.3 is 44.3 Å². The van der Waals surface area contributed by atoms with E-state index in [2.05, 4.69) is 36.0 Å². The molecule has 28 nitrogen and oxygen atoms in total. The zero-order valence-electron chi connectivity index (χ0n) is 44.8. The first-order valence-corrected chi connectivity index (χ1v) is 29.8. The van der Waals surface area contributed by atoms with Crippen molar-refractivity contribution in [3.05, 3.63) is 87.0 Å². The quantitative estimate of drug-likeness (QED) is 0.0342. The van der Waals surface area contributed by atoms with E-state index in [-0.39, 0.29) is 139 Å². The van der Waals surface area contributed by atoms with Gasteiger partial charge in [0.1, 0.15) is 11.3 Å². The number of imidazole rings is 1. The zero-order chi connectivity index (χ0) is 58.9. The van der Waals surface area contributed by atoms with Gasteiger partial charge in [-0.15, -0.1) is 0 Å². The van der Waals surface area contributed by atoms with Gasteiger partial charge in [-0.2, -0.15) is 4.72 Å². The average Bonchev–Trinajstić information content (AvgIpc) is 3.91. The number of carboxylic acids is 2. The number of nitrogens with zero attached hydrogens (tertiary/aromatic N) is 6. The first kappa shape index (κ1) is 64.8. The minimum atomic E-state index is -4.38. The Hall–Kier alpha value is -6.00. The van der Waals surface area contributed by atoms with Crippen LogP contribution in [0.4, 0.5) is 5.95 Å². The molecular formula is C49H69InN12O16S2. The number of nitrogens with one attached hydrogen (secondary N) is 6. The molecule has 2 aromatic carbocycles. The molecule has 1 fully saturated rings. The normalized spacial score (nSPS) is 15.6. The second kappa shape index (κ2) is 30.2. The second-order valence-corrected chi connectivity index (χ2v) is 23.3. The van der Waals surface area contributed by atoms with E-state index in [9.17, 15) is 70.6 Å². The maximum absolute atomic E-state index is 14.0. The molecule has 0 bridgehead atoms. The van der Waals surface area contributed by atoms with Crippen molar-refractivity contribution in [1.82, 2.24) is 54.8 Å². The number of Topliss-reactive ketones (excluding diaryl/α,β-unsaturated/α-hetero) is 1. The number of rotatable bonds is 26.